The lowest BCUT2D eigenvalue weighted by atomic mass is 10.1. The molecule has 5 nitrogen and oxygen atoms in total. The molecular weight excluding hydrogens is 444 g/mol. The molecule has 0 radical (unpaired) electrons. The molecule has 172 valence electrons. The van der Waals surface area contributed by atoms with E-state index in [4.69, 9.17) is 21.6 Å². The maximum absolute atomic E-state index is 14.3. The topological polar surface area (TPSA) is 35.5 Å². The fourth-order valence-electron chi connectivity index (χ4n) is 4.66. The van der Waals surface area contributed by atoms with Gasteiger partial charge >= 0.3 is 0 Å². The van der Waals surface area contributed by atoms with E-state index in [0.717, 1.165) is 37.3 Å². The zero-order valence-electron chi connectivity index (χ0n) is 18.5. The van der Waals surface area contributed by atoms with Gasteiger partial charge in [-0.25, -0.2) is 13.8 Å². The van der Waals surface area contributed by atoms with Crippen molar-refractivity contribution in [1.82, 2.24) is 9.97 Å². The highest BCUT2D eigenvalue weighted by molar-refractivity contribution is 6.31. The number of piperazine rings is 1. The van der Waals surface area contributed by atoms with Crippen LogP contribution in [-0.2, 0) is 0 Å². The molecule has 2 aliphatic rings. The van der Waals surface area contributed by atoms with Crippen LogP contribution < -0.4 is 14.7 Å². The van der Waals surface area contributed by atoms with Gasteiger partial charge in [-0.15, -0.1) is 0 Å². The maximum atomic E-state index is 14.3. The van der Waals surface area contributed by atoms with Crippen molar-refractivity contribution in [2.45, 2.75) is 25.8 Å². The molecule has 0 N–H and O–H groups in total. The Morgan fingerprint density at radius 3 is 2.39 bits per heavy atom. The Morgan fingerprint density at radius 1 is 0.879 bits per heavy atom. The van der Waals surface area contributed by atoms with Gasteiger partial charge in [0.25, 0.3) is 0 Å². The number of anilines is 3. The van der Waals surface area contributed by atoms with Crippen molar-refractivity contribution in [3.05, 3.63) is 65.2 Å². The molecule has 0 saturated carbocycles. The summed E-state index contributed by atoms with van der Waals surface area (Å²) >= 11 is 6.05. The summed E-state index contributed by atoms with van der Waals surface area (Å²) in [5.41, 5.74) is 2.10. The summed E-state index contributed by atoms with van der Waals surface area (Å²) in [6, 6.07) is 13.6. The summed E-state index contributed by atoms with van der Waals surface area (Å²) in [5.74, 6) is 0.853. The van der Waals surface area contributed by atoms with Crippen LogP contribution in [0.3, 0.4) is 0 Å². The van der Waals surface area contributed by atoms with Gasteiger partial charge in [-0.2, -0.15) is 4.98 Å². The minimum atomic E-state index is -0.452. The molecule has 1 atom stereocenters. The lowest BCUT2D eigenvalue weighted by Crippen LogP contribution is -2.52. The summed E-state index contributed by atoms with van der Waals surface area (Å²) < 4.78 is 28.1. The second kappa shape index (κ2) is 9.14. The van der Waals surface area contributed by atoms with Gasteiger partial charge in [0, 0.05) is 50.4 Å². The number of nitrogens with zero attached hydrogens (tertiary/aromatic N) is 5. The zero-order chi connectivity index (χ0) is 22.9. The van der Waals surface area contributed by atoms with Crippen molar-refractivity contribution in [2.24, 2.45) is 0 Å². The Kier molecular flexibility index (Phi) is 6.06. The Bertz CT molecular complexity index is 1150. The molecule has 2 saturated heterocycles. The fourth-order valence-corrected chi connectivity index (χ4v) is 4.84. The quantitative estimate of drug-likeness (QED) is 0.512. The van der Waals surface area contributed by atoms with Crippen molar-refractivity contribution < 1.29 is 8.78 Å². The van der Waals surface area contributed by atoms with E-state index < -0.39 is 5.82 Å². The molecule has 0 bridgehead atoms. The van der Waals surface area contributed by atoms with Crippen LogP contribution in [0.2, 0.25) is 5.02 Å². The highest BCUT2D eigenvalue weighted by Gasteiger charge is 2.28. The number of hydrogen-bond donors (Lipinski definition) is 0. The number of para-hydroxylation sites is 1. The first kappa shape index (κ1) is 21.9. The third kappa shape index (κ3) is 4.47. The number of halogens is 3. The molecule has 8 heteroatoms. The fraction of sp³-hybridized carbons (Fsp3) is 0.360. The number of aromatic nitrogens is 2. The molecule has 3 heterocycles. The number of rotatable bonds is 4. The van der Waals surface area contributed by atoms with Crippen molar-refractivity contribution in [1.29, 1.82) is 0 Å². The van der Waals surface area contributed by atoms with E-state index in [1.807, 2.05) is 18.2 Å². The van der Waals surface area contributed by atoms with E-state index >= 15 is 0 Å². The van der Waals surface area contributed by atoms with E-state index in [9.17, 15) is 8.78 Å². The first-order valence-corrected chi connectivity index (χ1v) is 11.7. The number of hydrogen-bond acceptors (Lipinski definition) is 5. The van der Waals surface area contributed by atoms with E-state index in [2.05, 4.69) is 21.6 Å². The van der Waals surface area contributed by atoms with Crippen LogP contribution in [0, 0.1) is 11.6 Å². The normalized spacial score (nSPS) is 18.8. The van der Waals surface area contributed by atoms with Crippen LogP contribution in [0.5, 0.6) is 0 Å². The molecule has 0 spiro atoms. The monoisotopic (exact) mass is 469 g/mol. The Morgan fingerprint density at radius 2 is 1.67 bits per heavy atom. The predicted octanol–water partition coefficient (Wildman–Crippen LogP) is 5.39. The largest absolute Gasteiger partial charge is 0.365 e. The molecule has 2 aliphatic heterocycles. The summed E-state index contributed by atoms with van der Waals surface area (Å²) in [6.07, 6.45) is 2.23. The van der Waals surface area contributed by atoms with Gasteiger partial charge in [0.15, 0.2) is 0 Å². The summed E-state index contributed by atoms with van der Waals surface area (Å²) in [6.45, 7) is 6.04. The van der Waals surface area contributed by atoms with Gasteiger partial charge in [0.05, 0.1) is 16.4 Å². The Hall–Kier alpha value is -2.93. The second-order valence-corrected chi connectivity index (χ2v) is 9.08. The minimum absolute atomic E-state index is 0.0715. The second-order valence-electron chi connectivity index (χ2n) is 8.67. The van der Waals surface area contributed by atoms with Crippen LogP contribution in [0.15, 0.2) is 48.5 Å². The third-order valence-corrected chi connectivity index (χ3v) is 6.71. The molecule has 0 aliphatic carbocycles. The summed E-state index contributed by atoms with van der Waals surface area (Å²) in [5, 5.41) is 0.0715. The van der Waals surface area contributed by atoms with Gasteiger partial charge in [0.1, 0.15) is 17.5 Å². The van der Waals surface area contributed by atoms with Crippen LogP contribution in [0.4, 0.5) is 26.2 Å². The molecule has 5 rings (SSSR count). The number of benzene rings is 2. The average molecular weight is 470 g/mol. The maximum Gasteiger partial charge on any atom is 0.227 e. The highest BCUT2D eigenvalue weighted by atomic mass is 35.5. The van der Waals surface area contributed by atoms with Crippen LogP contribution in [-0.4, -0.2) is 48.7 Å². The SMILES string of the molecule is CC1CN(c2ccccc2F)CCN1c1cc(-c2ccc(F)c(Cl)c2)nc(N2CCCC2)n1. The Balaban J connectivity index is 1.47. The molecule has 0 amide bonds. The lowest BCUT2D eigenvalue weighted by molar-refractivity contribution is 0.533. The third-order valence-electron chi connectivity index (χ3n) is 6.42. The molecular formula is C25H26ClF2N5. The summed E-state index contributed by atoms with van der Waals surface area (Å²) in [4.78, 5) is 16.2. The van der Waals surface area contributed by atoms with E-state index in [0.29, 0.717) is 37.0 Å². The highest BCUT2D eigenvalue weighted by Crippen LogP contribution is 2.31. The molecule has 2 aromatic carbocycles. The van der Waals surface area contributed by atoms with Crippen LogP contribution in [0.25, 0.3) is 11.3 Å². The summed E-state index contributed by atoms with van der Waals surface area (Å²) in [7, 11) is 0. The van der Waals surface area contributed by atoms with Crippen molar-refractivity contribution in [3.63, 3.8) is 0 Å². The van der Waals surface area contributed by atoms with Gasteiger partial charge < -0.3 is 14.7 Å². The van der Waals surface area contributed by atoms with Crippen LogP contribution in [0.1, 0.15) is 19.8 Å². The van der Waals surface area contributed by atoms with Gasteiger partial charge in [-0.05, 0) is 50.1 Å². The zero-order valence-corrected chi connectivity index (χ0v) is 19.3. The molecule has 3 aromatic rings. The van der Waals surface area contributed by atoms with Crippen molar-refractivity contribution in [2.75, 3.05) is 47.4 Å². The smallest absolute Gasteiger partial charge is 0.227 e. The first-order chi connectivity index (χ1) is 16.0. The molecule has 1 aromatic heterocycles. The first-order valence-electron chi connectivity index (χ1n) is 11.3. The lowest BCUT2D eigenvalue weighted by Gasteiger charge is -2.42. The van der Waals surface area contributed by atoms with Crippen molar-refractivity contribution in [3.8, 4) is 11.3 Å². The average Bonchev–Trinajstić information content (AvgIpc) is 3.36. The molecule has 2 fully saturated rings. The van der Waals surface area contributed by atoms with Gasteiger partial charge in [-0.1, -0.05) is 23.7 Å². The predicted molar refractivity (Wildman–Crippen MR) is 129 cm³/mol. The van der Waals surface area contributed by atoms with E-state index in [1.54, 1.807) is 18.2 Å². The van der Waals surface area contributed by atoms with Gasteiger partial charge in [-0.3, -0.25) is 0 Å². The standard InChI is InChI=1S/C25H26ClF2N5/c1-17-16-32(23-7-3-2-6-21(23)28)12-13-33(17)24-15-22(18-8-9-20(27)19(26)14-18)29-25(30-24)31-10-4-5-11-31/h2-3,6-9,14-15,17H,4-5,10-13,16H2,1H3. The van der Waals surface area contributed by atoms with Gasteiger partial charge in [0.2, 0.25) is 5.95 Å². The van der Waals surface area contributed by atoms with E-state index in [-0.39, 0.29) is 16.9 Å². The van der Waals surface area contributed by atoms with Crippen molar-refractivity contribution >= 4 is 29.1 Å². The minimum Gasteiger partial charge on any atom is -0.365 e. The molecule has 33 heavy (non-hydrogen) atoms. The van der Waals surface area contributed by atoms with Crippen LogP contribution >= 0.6 is 11.6 Å². The van der Waals surface area contributed by atoms with E-state index in [1.165, 1.54) is 12.1 Å². The Labute approximate surface area is 197 Å². The molecule has 1 unspecified atom stereocenters.